The summed E-state index contributed by atoms with van der Waals surface area (Å²) in [7, 11) is 0. The van der Waals surface area contributed by atoms with Gasteiger partial charge in [0.2, 0.25) is 0 Å². The zero-order valence-electron chi connectivity index (χ0n) is 16.5. The molecule has 0 N–H and O–H groups in total. The number of nitrogens with zero attached hydrogens (tertiary/aromatic N) is 2. The maximum Gasteiger partial charge on any atom is 0.178 e. The highest BCUT2D eigenvalue weighted by Gasteiger charge is 2.02. The van der Waals surface area contributed by atoms with Crippen molar-refractivity contribution in [3.8, 4) is 0 Å². The van der Waals surface area contributed by atoms with Crippen LogP contribution in [0, 0.1) is 13.8 Å². The van der Waals surface area contributed by atoms with E-state index in [0.717, 1.165) is 13.1 Å². The van der Waals surface area contributed by atoms with Gasteiger partial charge in [0.25, 0.3) is 0 Å². The van der Waals surface area contributed by atoms with Crippen LogP contribution in [0.3, 0.4) is 0 Å². The van der Waals surface area contributed by atoms with Crippen LogP contribution in [0.25, 0.3) is 0 Å². The van der Waals surface area contributed by atoms with Gasteiger partial charge in [-0.25, -0.2) is 9.13 Å². The molecule has 0 atom stereocenters. The molecule has 0 aliphatic carbocycles. The molecule has 0 amide bonds. The van der Waals surface area contributed by atoms with Gasteiger partial charge in [0.05, 0.1) is 0 Å². The number of allylic oxidation sites excluding steroid dienone is 4. The van der Waals surface area contributed by atoms with Crippen molar-refractivity contribution in [2.75, 3.05) is 0 Å². The van der Waals surface area contributed by atoms with Crippen LogP contribution in [-0.4, -0.2) is 0 Å². The van der Waals surface area contributed by atoms with Gasteiger partial charge in [-0.1, -0.05) is 30.4 Å². The molecule has 2 aromatic heterocycles. The Bertz CT molecular complexity index is 701. The highest BCUT2D eigenvalue weighted by atomic mass is 14.9. The third-order valence-corrected chi connectivity index (χ3v) is 4.61. The third-order valence-electron chi connectivity index (χ3n) is 4.61. The van der Waals surface area contributed by atoms with E-state index in [2.05, 4.69) is 96.2 Å². The fourth-order valence-corrected chi connectivity index (χ4v) is 3.06. The number of aryl methyl sites for hydroxylation is 4. The van der Waals surface area contributed by atoms with Gasteiger partial charge in [-0.2, -0.15) is 0 Å². The van der Waals surface area contributed by atoms with E-state index in [1.165, 1.54) is 49.8 Å². The Labute approximate surface area is 159 Å². The van der Waals surface area contributed by atoms with Crippen molar-refractivity contribution < 1.29 is 9.13 Å². The summed E-state index contributed by atoms with van der Waals surface area (Å²) < 4.78 is 4.62. The van der Waals surface area contributed by atoms with E-state index in [0.29, 0.717) is 0 Å². The summed E-state index contributed by atoms with van der Waals surface area (Å²) in [4.78, 5) is 0. The first-order valence-corrected chi connectivity index (χ1v) is 9.98. The summed E-state index contributed by atoms with van der Waals surface area (Å²) in [6, 6.07) is 10.6. The predicted octanol–water partition coefficient (Wildman–Crippen LogP) is 5.03. The molecule has 0 aliphatic heterocycles. The second-order valence-electron chi connectivity index (χ2n) is 7.00. The molecule has 0 radical (unpaired) electrons. The molecule has 0 aliphatic rings. The minimum Gasteiger partial charge on any atom is -0.205 e. The predicted molar refractivity (Wildman–Crippen MR) is 109 cm³/mol. The third kappa shape index (κ3) is 8.24. The second kappa shape index (κ2) is 12.2. The number of rotatable bonds is 11. The van der Waals surface area contributed by atoms with Crippen LogP contribution in [0.2, 0.25) is 0 Å². The lowest BCUT2D eigenvalue weighted by Crippen LogP contribution is -2.36. The molecular formula is C24H34N2+2. The van der Waals surface area contributed by atoms with Crippen LogP contribution < -0.4 is 9.13 Å². The summed E-state index contributed by atoms with van der Waals surface area (Å²) in [5, 5.41) is 0. The Balaban J connectivity index is 1.47. The number of pyridine rings is 2. The van der Waals surface area contributed by atoms with Gasteiger partial charge in [-0.05, 0) is 38.7 Å². The molecule has 138 valence electrons. The van der Waals surface area contributed by atoms with Crippen LogP contribution in [0.1, 0.15) is 49.8 Å². The Kier molecular flexibility index (Phi) is 9.42. The van der Waals surface area contributed by atoms with E-state index in [1.54, 1.807) is 0 Å². The van der Waals surface area contributed by atoms with E-state index in [1.807, 2.05) is 0 Å². The molecule has 0 saturated carbocycles. The van der Waals surface area contributed by atoms with Gasteiger partial charge < -0.3 is 0 Å². The molecule has 0 saturated heterocycles. The van der Waals surface area contributed by atoms with Gasteiger partial charge in [-0.3, -0.25) is 0 Å². The van der Waals surface area contributed by atoms with Crippen molar-refractivity contribution in [2.45, 2.75) is 65.5 Å². The molecule has 2 heterocycles. The second-order valence-corrected chi connectivity index (χ2v) is 7.00. The lowest BCUT2D eigenvalue weighted by Gasteiger charge is -1.98. The minimum atomic E-state index is 1.12. The SMILES string of the molecule is Cc1ccc[n+](CCCCC=CC=CCCCC[n+]2ccccc2C)c1. The molecule has 26 heavy (non-hydrogen) atoms. The van der Waals surface area contributed by atoms with E-state index < -0.39 is 0 Å². The first-order valence-electron chi connectivity index (χ1n) is 9.98. The average molecular weight is 351 g/mol. The van der Waals surface area contributed by atoms with E-state index in [-0.39, 0.29) is 0 Å². The molecule has 2 nitrogen and oxygen atoms in total. The summed E-state index contributed by atoms with van der Waals surface area (Å²) in [5.41, 5.74) is 2.67. The van der Waals surface area contributed by atoms with Crippen LogP contribution in [0.15, 0.2) is 73.2 Å². The smallest absolute Gasteiger partial charge is 0.178 e. The number of aromatic nitrogens is 2. The summed E-state index contributed by atoms with van der Waals surface area (Å²) >= 11 is 0. The largest absolute Gasteiger partial charge is 0.205 e. The molecule has 0 spiro atoms. The standard InChI is InChI=1S/C24H34N2/c1-23-16-15-19-25(22-23)18-12-9-7-5-3-4-6-8-10-13-20-26-21-14-11-17-24(26)2/h3-6,11,14-17,19,21-22H,7-10,12-13,18,20H2,1-2H3/q+2. The first kappa shape index (κ1) is 20.1. The van der Waals surface area contributed by atoms with E-state index in [9.17, 15) is 0 Å². The lowest BCUT2D eigenvalue weighted by atomic mass is 10.2. The van der Waals surface area contributed by atoms with Crippen molar-refractivity contribution in [3.63, 3.8) is 0 Å². The minimum absolute atomic E-state index is 1.12. The number of hydrogen-bond acceptors (Lipinski definition) is 0. The fourth-order valence-electron chi connectivity index (χ4n) is 3.06. The molecule has 2 aromatic rings. The Morgan fingerprint density at radius 3 is 2.19 bits per heavy atom. The molecule has 2 heteroatoms. The topological polar surface area (TPSA) is 7.76 Å². The lowest BCUT2D eigenvalue weighted by molar-refractivity contribution is -0.703. The molecule has 2 rings (SSSR count). The monoisotopic (exact) mass is 350 g/mol. The van der Waals surface area contributed by atoms with Gasteiger partial charge in [-0.15, -0.1) is 0 Å². The van der Waals surface area contributed by atoms with Crippen molar-refractivity contribution >= 4 is 0 Å². The van der Waals surface area contributed by atoms with E-state index >= 15 is 0 Å². The van der Waals surface area contributed by atoms with Crippen molar-refractivity contribution in [3.05, 3.63) is 84.5 Å². The molecular weight excluding hydrogens is 316 g/mol. The highest BCUT2D eigenvalue weighted by Crippen LogP contribution is 2.00. The van der Waals surface area contributed by atoms with E-state index in [4.69, 9.17) is 0 Å². The summed E-state index contributed by atoms with van der Waals surface area (Å²) in [6.07, 6.45) is 22.8. The first-order chi connectivity index (χ1) is 12.8. The Hall–Kier alpha value is -2.22. The summed E-state index contributed by atoms with van der Waals surface area (Å²) in [6.45, 7) is 6.55. The molecule has 0 fully saturated rings. The Morgan fingerprint density at radius 1 is 0.769 bits per heavy atom. The average Bonchev–Trinajstić information content (AvgIpc) is 2.64. The maximum atomic E-state index is 2.33. The highest BCUT2D eigenvalue weighted by molar-refractivity contribution is 5.02. The molecule has 0 aromatic carbocycles. The number of unbranched alkanes of at least 4 members (excludes halogenated alkanes) is 4. The van der Waals surface area contributed by atoms with Crippen molar-refractivity contribution in [1.29, 1.82) is 0 Å². The van der Waals surface area contributed by atoms with Crippen LogP contribution in [-0.2, 0) is 13.1 Å². The summed E-state index contributed by atoms with van der Waals surface area (Å²) in [5.74, 6) is 0. The van der Waals surface area contributed by atoms with Crippen molar-refractivity contribution in [2.24, 2.45) is 0 Å². The van der Waals surface area contributed by atoms with Crippen LogP contribution in [0.4, 0.5) is 0 Å². The maximum absolute atomic E-state index is 2.33. The fraction of sp³-hybridized carbons (Fsp3) is 0.417. The van der Waals surface area contributed by atoms with Gasteiger partial charge in [0.15, 0.2) is 24.3 Å². The zero-order valence-corrected chi connectivity index (χ0v) is 16.5. The molecule has 0 unspecified atom stereocenters. The number of hydrogen-bond donors (Lipinski definition) is 0. The Morgan fingerprint density at radius 2 is 1.50 bits per heavy atom. The quantitative estimate of drug-likeness (QED) is 0.305. The van der Waals surface area contributed by atoms with Crippen LogP contribution >= 0.6 is 0 Å². The van der Waals surface area contributed by atoms with Gasteiger partial charge in [0.1, 0.15) is 13.1 Å². The molecule has 0 bridgehead atoms. The zero-order chi connectivity index (χ0) is 18.5. The van der Waals surface area contributed by atoms with Gasteiger partial charge >= 0.3 is 0 Å². The normalized spacial score (nSPS) is 11.6. The van der Waals surface area contributed by atoms with Gasteiger partial charge in [0, 0.05) is 43.5 Å². The van der Waals surface area contributed by atoms with Crippen molar-refractivity contribution in [1.82, 2.24) is 0 Å². The van der Waals surface area contributed by atoms with Crippen LogP contribution in [0.5, 0.6) is 0 Å².